The normalized spacial score (nSPS) is 9.68. The van der Waals surface area contributed by atoms with Crippen LogP contribution in [0.15, 0.2) is 36.4 Å². The lowest BCUT2D eigenvalue weighted by atomic mass is 10.2. The number of hydrogen-bond donors (Lipinski definition) is 2. The molecule has 2 rings (SSSR count). The summed E-state index contributed by atoms with van der Waals surface area (Å²) in [5, 5.41) is 12.1. The smallest absolute Gasteiger partial charge is 0.248 e. The molecule has 0 saturated carbocycles. The topological polar surface area (TPSA) is 91.8 Å². The second-order valence-electron chi connectivity index (χ2n) is 4.03. The lowest BCUT2D eigenvalue weighted by molar-refractivity contribution is 0.100. The van der Waals surface area contributed by atoms with Gasteiger partial charge < -0.3 is 11.1 Å². The van der Waals surface area contributed by atoms with Crippen LogP contribution in [0.3, 0.4) is 0 Å². The summed E-state index contributed by atoms with van der Waals surface area (Å²) in [5.74, 6) is 0.0206. The van der Waals surface area contributed by atoms with E-state index in [1.165, 1.54) is 0 Å². The Morgan fingerprint density at radius 2 is 1.95 bits per heavy atom. The first-order valence-electron chi connectivity index (χ1n) is 5.65. The van der Waals surface area contributed by atoms with Gasteiger partial charge >= 0.3 is 0 Å². The van der Waals surface area contributed by atoms with E-state index in [0.717, 1.165) is 11.4 Å². The van der Waals surface area contributed by atoms with Crippen LogP contribution in [0.1, 0.15) is 21.6 Å². The average molecular weight is 252 g/mol. The molecule has 1 aromatic carbocycles. The Bertz CT molecular complexity index is 656. The molecule has 0 aliphatic carbocycles. The minimum absolute atomic E-state index is 0.434. The van der Waals surface area contributed by atoms with Crippen molar-refractivity contribution in [3.05, 3.63) is 53.2 Å². The van der Waals surface area contributed by atoms with Crippen LogP contribution in [-0.4, -0.2) is 10.9 Å². The number of carbonyl (C=O) groups is 1. The summed E-state index contributed by atoms with van der Waals surface area (Å²) in [7, 11) is 0. The maximum atomic E-state index is 11.0. The molecular formula is C14H12N4O. The molecular weight excluding hydrogens is 240 g/mol. The third-order valence-corrected chi connectivity index (χ3v) is 2.59. The van der Waals surface area contributed by atoms with Crippen molar-refractivity contribution in [2.24, 2.45) is 5.73 Å². The third kappa shape index (κ3) is 2.87. The number of nitrogens with zero attached hydrogens (tertiary/aromatic N) is 2. The summed E-state index contributed by atoms with van der Waals surface area (Å²) < 4.78 is 0. The monoisotopic (exact) mass is 252 g/mol. The zero-order chi connectivity index (χ0) is 13.8. The van der Waals surface area contributed by atoms with E-state index in [1.807, 2.05) is 6.92 Å². The highest BCUT2D eigenvalue weighted by Gasteiger charge is 2.05. The minimum Gasteiger partial charge on any atom is -0.366 e. The number of benzene rings is 1. The number of hydrogen-bond acceptors (Lipinski definition) is 4. The Balaban J connectivity index is 2.28. The third-order valence-electron chi connectivity index (χ3n) is 2.59. The largest absolute Gasteiger partial charge is 0.366 e. The number of nitriles is 1. The number of aromatic nitrogens is 1. The van der Waals surface area contributed by atoms with Crippen LogP contribution in [0.5, 0.6) is 0 Å². The maximum absolute atomic E-state index is 11.0. The van der Waals surface area contributed by atoms with Crippen LogP contribution in [0.4, 0.5) is 11.5 Å². The zero-order valence-corrected chi connectivity index (χ0v) is 10.3. The number of nitrogens with two attached hydrogens (primary N) is 1. The van der Waals surface area contributed by atoms with Gasteiger partial charge in [0.15, 0.2) is 0 Å². The molecule has 0 aliphatic heterocycles. The Labute approximate surface area is 110 Å². The fourth-order valence-electron chi connectivity index (χ4n) is 1.60. The predicted octanol–water partition coefficient (Wildman–Crippen LogP) is 2.10. The van der Waals surface area contributed by atoms with E-state index in [1.54, 1.807) is 36.4 Å². The first-order chi connectivity index (χ1) is 9.10. The molecule has 0 atom stereocenters. The van der Waals surface area contributed by atoms with Crippen molar-refractivity contribution in [1.29, 1.82) is 5.26 Å². The molecule has 5 heteroatoms. The van der Waals surface area contributed by atoms with E-state index < -0.39 is 5.91 Å². The van der Waals surface area contributed by atoms with Crippen molar-refractivity contribution in [1.82, 2.24) is 4.98 Å². The van der Waals surface area contributed by atoms with Gasteiger partial charge in [-0.1, -0.05) is 0 Å². The fourth-order valence-corrected chi connectivity index (χ4v) is 1.60. The number of rotatable bonds is 3. The molecule has 19 heavy (non-hydrogen) atoms. The fraction of sp³-hybridized carbons (Fsp3) is 0.0714. The number of anilines is 2. The predicted molar refractivity (Wildman–Crippen MR) is 71.9 cm³/mol. The number of pyridine rings is 1. The Hall–Kier alpha value is -2.87. The number of amides is 1. The molecule has 3 N–H and O–H groups in total. The van der Waals surface area contributed by atoms with Crippen LogP contribution in [0.2, 0.25) is 0 Å². The second-order valence-corrected chi connectivity index (χ2v) is 4.03. The SMILES string of the molecule is Cc1ccc(C#N)c(Nc2ccc(C(N)=O)cc2)n1. The van der Waals surface area contributed by atoms with Gasteiger partial charge in [-0.3, -0.25) is 4.79 Å². The zero-order valence-electron chi connectivity index (χ0n) is 10.3. The Morgan fingerprint density at radius 3 is 2.53 bits per heavy atom. The van der Waals surface area contributed by atoms with E-state index in [0.29, 0.717) is 16.9 Å². The van der Waals surface area contributed by atoms with Crippen molar-refractivity contribution < 1.29 is 4.79 Å². The summed E-state index contributed by atoms with van der Waals surface area (Å²) in [4.78, 5) is 15.2. The van der Waals surface area contributed by atoms with Gasteiger partial charge in [0.05, 0.1) is 5.56 Å². The average Bonchev–Trinajstić information content (AvgIpc) is 2.39. The maximum Gasteiger partial charge on any atom is 0.248 e. The highest BCUT2D eigenvalue weighted by Crippen LogP contribution is 2.19. The van der Waals surface area contributed by atoms with Gasteiger partial charge in [0.25, 0.3) is 0 Å². The standard InChI is InChI=1S/C14H12N4O/c1-9-2-3-11(8-15)14(17-9)18-12-6-4-10(5-7-12)13(16)19/h2-7H,1H3,(H2,16,19)(H,17,18). The molecule has 1 aromatic heterocycles. The van der Waals surface area contributed by atoms with E-state index >= 15 is 0 Å². The lowest BCUT2D eigenvalue weighted by Gasteiger charge is -2.08. The van der Waals surface area contributed by atoms with Crippen molar-refractivity contribution in [2.45, 2.75) is 6.92 Å². The molecule has 0 saturated heterocycles. The molecule has 0 unspecified atom stereocenters. The Morgan fingerprint density at radius 1 is 1.26 bits per heavy atom. The summed E-state index contributed by atoms with van der Waals surface area (Å²) >= 11 is 0. The van der Waals surface area contributed by atoms with Crippen LogP contribution in [0.25, 0.3) is 0 Å². The highest BCUT2D eigenvalue weighted by atomic mass is 16.1. The number of primary amides is 1. The molecule has 5 nitrogen and oxygen atoms in total. The number of carbonyl (C=O) groups excluding carboxylic acids is 1. The second kappa shape index (κ2) is 5.19. The summed E-state index contributed by atoms with van der Waals surface area (Å²) in [6, 6.07) is 12.2. The minimum atomic E-state index is -0.474. The highest BCUT2D eigenvalue weighted by molar-refractivity contribution is 5.93. The summed E-state index contributed by atoms with van der Waals surface area (Å²) in [5.41, 5.74) is 7.61. The van der Waals surface area contributed by atoms with Crippen molar-refractivity contribution in [2.75, 3.05) is 5.32 Å². The molecule has 0 bridgehead atoms. The van der Waals surface area contributed by atoms with E-state index in [-0.39, 0.29) is 0 Å². The lowest BCUT2D eigenvalue weighted by Crippen LogP contribution is -2.10. The van der Waals surface area contributed by atoms with Gasteiger partial charge in [-0.25, -0.2) is 4.98 Å². The van der Waals surface area contributed by atoms with Gasteiger partial charge in [-0.15, -0.1) is 0 Å². The molecule has 0 spiro atoms. The molecule has 94 valence electrons. The number of aryl methyl sites for hydroxylation is 1. The quantitative estimate of drug-likeness (QED) is 0.875. The Kier molecular flexibility index (Phi) is 3.44. The first-order valence-corrected chi connectivity index (χ1v) is 5.65. The van der Waals surface area contributed by atoms with E-state index in [2.05, 4.69) is 16.4 Å². The molecule has 0 aliphatic rings. The van der Waals surface area contributed by atoms with Gasteiger partial charge in [0.2, 0.25) is 5.91 Å². The van der Waals surface area contributed by atoms with Gasteiger partial charge in [0, 0.05) is 16.9 Å². The molecule has 1 amide bonds. The first kappa shape index (κ1) is 12.6. The molecule has 2 aromatic rings. The van der Waals surface area contributed by atoms with Crippen LogP contribution >= 0.6 is 0 Å². The van der Waals surface area contributed by atoms with Crippen molar-refractivity contribution in [3.63, 3.8) is 0 Å². The van der Waals surface area contributed by atoms with Crippen LogP contribution in [0, 0.1) is 18.3 Å². The van der Waals surface area contributed by atoms with Crippen molar-refractivity contribution in [3.8, 4) is 6.07 Å². The van der Waals surface area contributed by atoms with Gasteiger partial charge in [-0.05, 0) is 43.3 Å². The summed E-state index contributed by atoms with van der Waals surface area (Å²) in [6.45, 7) is 1.85. The van der Waals surface area contributed by atoms with Gasteiger partial charge in [-0.2, -0.15) is 5.26 Å². The van der Waals surface area contributed by atoms with Crippen LogP contribution in [-0.2, 0) is 0 Å². The number of nitrogens with one attached hydrogen (secondary N) is 1. The van der Waals surface area contributed by atoms with Crippen LogP contribution < -0.4 is 11.1 Å². The van der Waals surface area contributed by atoms with E-state index in [9.17, 15) is 4.79 Å². The van der Waals surface area contributed by atoms with E-state index in [4.69, 9.17) is 11.0 Å². The molecule has 1 heterocycles. The molecule has 0 radical (unpaired) electrons. The van der Waals surface area contributed by atoms with Crippen molar-refractivity contribution >= 4 is 17.4 Å². The summed E-state index contributed by atoms with van der Waals surface area (Å²) in [6.07, 6.45) is 0. The van der Waals surface area contributed by atoms with Gasteiger partial charge in [0.1, 0.15) is 11.9 Å². The molecule has 0 fully saturated rings.